The van der Waals surface area contributed by atoms with Gasteiger partial charge in [-0.25, -0.2) is 0 Å². The third-order valence-electron chi connectivity index (χ3n) is 6.81. The predicted octanol–water partition coefficient (Wildman–Crippen LogP) is 9.44. The van der Waals surface area contributed by atoms with Crippen molar-refractivity contribution >= 4 is 43.2 Å². The molecule has 0 fully saturated rings. The molecular formula is C31H27NOS. The van der Waals surface area contributed by atoms with Crippen LogP contribution >= 0.6 is 11.3 Å². The number of hydrogen-bond acceptors (Lipinski definition) is 3. The molecule has 0 saturated carbocycles. The minimum Gasteiger partial charge on any atom is -0.464 e. The molecule has 0 radical (unpaired) electrons. The maximum absolute atomic E-state index is 5.67. The fourth-order valence-corrected chi connectivity index (χ4v) is 6.25. The third kappa shape index (κ3) is 3.26. The average molecular weight is 462 g/mol. The first kappa shape index (κ1) is 21.1. The number of pyridine rings is 1. The van der Waals surface area contributed by atoms with Crippen molar-refractivity contribution in [3.05, 3.63) is 89.8 Å². The van der Waals surface area contributed by atoms with Crippen LogP contribution in [0.25, 0.3) is 53.5 Å². The third-order valence-corrected chi connectivity index (χ3v) is 8.12. The summed E-state index contributed by atoms with van der Waals surface area (Å²) in [5.74, 6) is 0. The molecule has 3 heterocycles. The molecule has 3 aromatic heterocycles. The van der Waals surface area contributed by atoms with Gasteiger partial charge in [0.15, 0.2) is 0 Å². The Labute approximate surface area is 203 Å². The first-order valence-electron chi connectivity index (χ1n) is 11.7. The zero-order valence-corrected chi connectivity index (χ0v) is 21.0. The van der Waals surface area contributed by atoms with E-state index in [2.05, 4.69) is 95.3 Å². The Morgan fingerprint density at radius 1 is 0.853 bits per heavy atom. The molecule has 0 aliphatic carbocycles. The predicted molar refractivity (Wildman–Crippen MR) is 146 cm³/mol. The zero-order valence-electron chi connectivity index (χ0n) is 20.2. The molecule has 6 aromatic rings. The van der Waals surface area contributed by atoms with Gasteiger partial charge in [-0.1, -0.05) is 45.0 Å². The van der Waals surface area contributed by atoms with Gasteiger partial charge >= 0.3 is 0 Å². The molecule has 3 aromatic carbocycles. The molecule has 0 N–H and O–H groups in total. The molecule has 2 nitrogen and oxygen atoms in total. The van der Waals surface area contributed by atoms with Crippen molar-refractivity contribution < 1.29 is 4.42 Å². The number of fused-ring (bicyclic) bond motifs is 3. The van der Waals surface area contributed by atoms with Gasteiger partial charge in [0.2, 0.25) is 0 Å². The van der Waals surface area contributed by atoms with Crippen LogP contribution in [0.15, 0.2) is 77.5 Å². The van der Waals surface area contributed by atoms with Crippen LogP contribution in [0.5, 0.6) is 0 Å². The Morgan fingerprint density at radius 3 is 2.50 bits per heavy atom. The van der Waals surface area contributed by atoms with E-state index in [9.17, 15) is 0 Å². The number of hydrogen-bond donors (Lipinski definition) is 0. The van der Waals surface area contributed by atoms with Gasteiger partial charge < -0.3 is 4.42 Å². The van der Waals surface area contributed by atoms with Gasteiger partial charge in [-0.2, -0.15) is 0 Å². The van der Waals surface area contributed by atoms with Gasteiger partial charge in [-0.3, -0.25) is 4.98 Å². The van der Waals surface area contributed by atoms with Gasteiger partial charge in [0, 0.05) is 32.1 Å². The van der Waals surface area contributed by atoms with Gasteiger partial charge in [-0.15, -0.1) is 11.3 Å². The summed E-state index contributed by atoms with van der Waals surface area (Å²) in [6.07, 6.45) is 3.79. The molecule has 0 bridgehead atoms. The van der Waals surface area contributed by atoms with Crippen LogP contribution in [-0.4, -0.2) is 4.98 Å². The lowest BCUT2D eigenvalue weighted by Crippen LogP contribution is -2.12. The Kier molecular flexibility index (Phi) is 4.69. The number of aromatic nitrogens is 1. The quantitative estimate of drug-likeness (QED) is 0.257. The van der Waals surface area contributed by atoms with Gasteiger partial charge in [0.1, 0.15) is 5.58 Å². The number of aryl methyl sites for hydroxylation is 2. The van der Waals surface area contributed by atoms with Crippen molar-refractivity contribution in [2.75, 3.05) is 0 Å². The minimum atomic E-state index is 0.0379. The summed E-state index contributed by atoms with van der Waals surface area (Å²) in [5, 5.41) is 5.01. The van der Waals surface area contributed by atoms with Crippen LogP contribution in [0.4, 0.5) is 0 Å². The number of rotatable bonds is 2. The molecule has 6 rings (SSSR count). The molecule has 0 unspecified atom stereocenters. The summed E-state index contributed by atoms with van der Waals surface area (Å²) in [6, 6.07) is 22.0. The Hall–Kier alpha value is -3.43. The molecule has 0 amide bonds. The summed E-state index contributed by atoms with van der Waals surface area (Å²) >= 11 is 1.85. The fourth-order valence-electron chi connectivity index (χ4n) is 5.05. The molecule has 34 heavy (non-hydrogen) atoms. The van der Waals surface area contributed by atoms with Crippen molar-refractivity contribution in [2.24, 2.45) is 0 Å². The zero-order chi connectivity index (χ0) is 23.6. The van der Waals surface area contributed by atoms with E-state index in [-0.39, 0.29) is 5.41 Å². The van der Waals surface area contributed by atoms with E-state index in [4.69, 9.17) is 9.40 Å². The highest BCUT2D eigenvalue weighted by atomic mass is 32.1. The van der Waals surface area contributed by atoms with Crippen LogP contribution in [0, 0.1) is 13.8 Å². The van der Waals surface area contributed by atoms with Crippen molar-refractivity contribution in [2.45, 2.75) is 40.0 Å². The van der Waals surface area contributed by atoms with Crippen molar-refractivity contribution in [3.8, 4) is 21.7 Å². The van der Waals surface area contributed by atoms with E-state index in [0.717, 1.165) is 11.3 Å². The van der Waals surface area contributed by atoms with Crippen LogP contribution in [0.3, 0.4) is 0 Å². The van der Waals surface area contributed by atoms with E-state index in [0.29, 0.717) is 0 Å². The fraction of sp³-hybridized carbons (Fsp3) is 0.194. The Morgan fingerprint density at radius 2 is 1.68 bits per heavy atom. The molecule has 168 valence electrons. The molecule has 0 aliphatic heterocycles. The molecular weight excluding hydrogens is 434 g/mol. The highest BCUT2D eigenvalue weighted by Crippen LogP contribution is 2.44. The van der Waals surface area contributed by atoms with E-state index in [1.807, 2.05) is 23.8 Å². The highest BCUT2D eigenvalue weighted by Gasteiger charge is 2.21. The molecule has 0 saturated heterocycles. The smallest absolute Gasteiger partial charge is 0.134 e. The van der Waals surface area contributed by atoms with Crippen LogP contribution in [0.2, 0.25) is 0 Å². The number of thiophene rings is 1. The largest absolute Gasteiger partial charge is 0.464 e. The SMILES string of the molecule is Cc1coc2ccc(-c3sc4ccnc(-c5cc(C(C)(C)C)c6ccccc6c5)c4c3C)cc12. The molecule has 0 atom stereocenters. The van der Waals surface area contributed by atoms with E-state index in [1.54, 1.807) is 0 Å². The molecule has 0 aliphatic rings. The van der Waals surface area contributed by atoms with E-state index >= 15 is 0 Å². The van der Waals surface area contributed by atoms with Crippen molar-refractivity contribution in [1.29, 1.82) is 0 Å². The Bertz CT molecular complexity index is 1710. The van der Waals surface area contributed by atoms with Gasteiger partial charge in [0.25, 0.3) is 0 Å². The molecule has 3 heteroatoms. The van der Waals surface area contributed by atoms with Crippen LogP contribution in [-0.2, 0) is 5.41 Å². The van der Waals surface area contributed by atoms with E-state index in [1.165, 1.54) is 58.9 Å². The monoisotopic (exact) mass is 461 g/mol. The number of nitrogens with zero attached hydrogens (tertiary/aromatic N) is 1. The standard InChI is InChI=1S/C31H27NOS/c1-18-17-33-26-11-10-21(15-24(18)26)30-19(2)28-27(34-30)12-13-32-29(28)22-14-20-8-6-7-9-23(20)25(16-22)31(3,4)5/h6-17H,1-5H3. The first-order valence-corrected chi connectivity index (χ1v) is 12.5. The molecule has 0 spiro atoms. The lowest BCUT2D eigenvalue weighted by Gasteiger charge is -2.23. The highest BCUT2D eigenvalue weighted by molar-refractivity contribution is 7.22. The normalized spacial score (nSPS) is 12.3. The Balaban J connectivity index is 1.60. The second kappa shape index (κ2) is 7.54. The second-order valence-corrected chi connectivity index (χ2v) is 11.3. The number of benzene rings is 3. The number of furan rings is 1. The van der Waals surface area contributed by atoms with Gasteiger partial charge in [-0.05, 0) is 88.7 Å². The van der Waals surface area contributed by atoms with Crippen LogP contribution in [0.1, 0.15) is 37.5 Å². The first-order chi connectivity index (χ1) is 16.3. The maximum atomic E-state index is 5.67. The van der Waals surface area contributed by atoms with Crippen LogP contribution < -0.4 is 0 Å². The van der Waals surface area contributed by atoms with Gasteiger partial charge in [0.05, 0.1) is 12.0 Å². The lowest BCUT2D eigenvalue weighted by molar-refractivity contribution is 0.596. The summed E-state index contributed by atoms with van der Waals surface area (Å²) in [5.41, 5.74) is 8.27. The van der Waals surface area contributed by atoms with Crippen molar-refractivity contribution in [1.82, 2.24) is 4.98 Å². The second-order valence-electron chi connectivity index (χ2n) is 10.2. The topological polar surface area (TPSA) is 26.0 Å². The summed E-state index contributed by atoms with van der Waals surface area (Å²) in [4.78, 5) is 6.22. The lowest BCUT2D eigenvalue weighted by atomic mass is 9.82. The summed E-state index contributed by atoms with van der Waals surface area (Å²) < 4.78 is 6.94. The van der Waals surface area contributed by atoms with E-state index < -0.39 is 0 Å². The summed E-state index contributed by atoms with van der Waals surface area (Å²) in [7, 11) is 0. The minimum absolute atomic E-state index is 0.0379. The average Bonchev–Trinajstić information content (AvgIpc) is 3.37. The summed E-state index contributed by atoms with van der Waals surface area (Å²) in [6.45, 7) is 11.2. The maximum Gasteiger partial charge on any atom is 0.134 e. The van der Waals surface area contributed by atoms with Crippen molar-refractivity contribution in [3.63, 3.8) is 0 Å².